The number of benzene rings is 1. The maximum Gasteiger partial charge on any atom is 0.270 e. The van der Waals surface area contributed by atoms with E-state index in [1.165, 1.54) is 26.2 Å². The summed E-state index contributed by atoms with van der Waals surface area (Å²) in [6, 6.07) is 3.59. The SMILES string of the molecule is COCCNC(=O)[C@H](C)Oc1ccc([N+](=O)[O-])cc1C=O. The Morgan fingerprint density at radius 2 is 2.24 bits per heavy atom. The molecule has 0 aliphatic heterocycles. The van der Waals surface area contributed by atoms with Gasteiger partial charge < -0.3 is 14.8 Å². The van der Waals surface area contributed by atoms with Crippen molar-refractivity contribution in [1.82, 2.24) is 5.32 Å². The van der Waals surface area contributed by atoms with Crippen LogP contribution in [-0.4, -0.2) is 43.5 Å². The van der Waals surface area contributed by atoms with E-state index in [0.717, 1.165) is 6.07 Å². The van der Waals surface area contributed by atoms with Crippen molar-refractivity contribution in [3.63, 3.8) is 0 Å². The second-order valence-corrected chi connectivity index (χ2v) is 4.14. The fourth-order valence-electron chi connectivity index (χ4n) is 1.51. The number of nitrogens with one attached hydrogen (secondary N) is 1. The number of ether oxygens (including phenoxy) is 2. The summed E-state index contributed by atoms with van der Waals surface area (Å²) in [5.74, 6) is -0.257. The summed E-state index contributed by atoms with van der Waals surface area (Å²) in [5, 5.41) is 13.2. The van der Waals surface area contributed by atoms with Crippen LogP contribution in [-0.2, 0) is 9.53 Å². The van der Waals surface area contributed by atoms with Crippen LogP contribution in [0.25, 0.3) is 0 Å². The number of methoxy groups -OCH3 is 1. The molecule has 1 rings (SSSR count). The summed E-state index contributed by atoms with van der Waals surface area (Å²) in [7, 11) is 1.51. The molecule has 0 heterocycles. The zero-order valence-electron chi connectivity index (χ0n) is 11.7. The Labute approximate surface area is 121 Å². The number of non-ortho nitro benzene ring substituents is 1. The first-order chi connectivity index (χ1) is 9.99. The van der Waals surface area contributed by atoms with Gasteiger partial charge >= 0.3 is 0 Å². The van der Waals surface area contributed by atoms with Crippen LogP contribution in [0.5, 0.6) is 5.75 Å². The highest BCUT2D eigenvalue weighted by Gasteiger charge is 2.17. The Kier molecular flexibility index (Phi) is 6.28. The molecule has 8 heteroatoms. The molecule has 0 aromatic heterocycles. The molecule has 114 valence electrons. The average molecular weight is 296 g/mol. The highest BCUT2D eigenvalue weighted by molar-refractivity contribution is 5.83. The molecule has 1 aromatic rings. The van der Waals surface area contributed by atoms with E-state index in [1.807, 2.05) is 0 Å². The second-order valence-electron chi connectivity index (χ2n) is 4.14. The Balaban J connectivity index is 2.75. The van der Waals surface area contributed by atoms with Gasteiger partial charge in [-0.05, 0) is 13.0 Å². The van der Waals surface area contributed by atoms with E-state index in [1.54, 1.807) is 0 Å². The summed E-state index contributed by atoms with van der Waals surface area (Å²) in [4.78, 5) is 32.7. The molecule has 8 nitrogen and oxygen atoms in total. The summed E-state index contributed by atoms with van der Waals surface area (Å²) >= 11 is 0. The first kappa shape index (κ1) is 16.6. The van der Waals surface area contributed by atoms with Crippen LogP contribution in [0.15, 0.2) is 18.2 Å². The molecule has 1 amide bonds. The van der Waals surface area contributed by atoms with Gasteiger partial charge in [0.05, 0.1) is 17.1 Å². The molecule has 0 spiro atoms. The highest BCUT2D eigenvalue weighted by Crippen LogP contribution is 2.23. The van der Waals surface area contributed by atoms with Crippen LogP contribution in [0.2, 0.25) is 0 Å². The first-order valence-corrected chi connectivity index (χ1v) is 6.16. The van der Waals surface area contributed by atoms with Gasteiger partial charge in [-0.2, -0.15) is 0 Å². The van der Waals surface area contributed by atoms with E-state index < -0.39 is 11.0 Å². The number of amides is 1. The van der Waals surface area contributed by atoms with Crippen molar-refractivity contribution in [3.8, 4) is 5.75 Å². The molecule has 0 fully saturated rings. The molecule has 0 aliphatic rings. The van der Waals surface area contributed by atoms with Gasteiger partial charge in [0.15, 0.2) is 12.4 Å². The van der Waals surface area contributed by atoms with E-state index >= 15 is 0 Å². The molecule has 1 N–H and O–H groups in total. The number of aldehydes is 1. The summed E-state index contributed by atoms with van der Waals surface area (Å²) in [6.45, 7) is 2.22. The molecule has 0 aliphatic carbocycles. The smallest absolute Gasteiger partial charge is 0.270 e. The van der Waals surface area contributed by atoms with Crippen molar-refractivity contribution in [2.45, 2.75) is 13.0 Å². The van der Waals surface area contributed by atoms with Crippen LogP contribution in [0.1, 0.15) is 17.3 Å². The Bertz CT molecular complexity index is 531. The van der Waals surface area contributed by atoms with Gasteiger partial charge in [0.2, 0.25) is 0 Å². The number of hydrogen-bond donors (Lipinski definition) is 1. The third-order valence-electron chi connectivity index (χ3n) is 2.61. The van der Waals surface area contributed by atoms with Crippen molar-refractivity contribution in [2.24, 2.45) is 0 Å². The maximum absolute atomic E-state index is 11.7. The fourth-order valence-corrected chi connectivity index (χ4v) is 1.51. The minimum Gasteiger partial charge on any atom is -0.480 e. The van der Waals surface area contributed by atoms with Crippen molar-refractivity contribution in [3.05, 3.63) is 33.9 Å². The molecule has 1 atom stereocenters. The van der Waals surface area contributed by atoms with Gasteiger partial charge in [0.25, 0.3) is 11.6 Å². The minimum absolute atomic E-state index is 0.0146. The summed E-state index contributed by atoms with van der Waals surface area (Å²) in [6.07, 6.45) is -0.403. The lowest BCUT2D eigenvalue weighted by atomic mass is 10.2. The zero-order chi connectivity index (χ0) is 15.8. The largest absolute Gasteiger partial charge is 0.480 e. The Morgan fingerprint density at radius 3 is 2.81 bits per heavy atom. The number of nitrogens with zero attached hydrogens (tertiary/aromatic N) is 1. The van der Waals surface area contributed by atoms with Crippen molar-refractivity contribution < 1.29 is 24.0 Å². The third-order valence-corrected chi connectivity index (χ3v) is 2.61. The number of carbonyl (C=O) groups is 2. The van der Waals surface area contributed by atoms with Gasteiger partial charge in [0.1, 0.15) is 5.75 Å². The lowest BCUT2D eigenvalue weighted by molar-refractivity contribution is -0.384. The predicted molar refractivity (Wildman–Crippen MR) is 73.5 cm³/mol. The van der Waals surface area contributed by atoms with Crippen LogP contribution < -0.4 is 10.1 Å². The van der Waals surface area contributed by atoms with Gasteiger partial charge in [-0.25, -0.2) is 0 Å². The van der Waals surface area contributed by atoms with E-state index in [2.05, 4.69) is 5.32 Å². The summed E-state index contributed by atoms with van der Waals surface area (Å²) < 4.78 is 10.2. The molecule has 0 saturated heterocycles. The van der Waals surface area contributed by atoms with Gasteiger partial charge in [-0.1, -0.05) is 0 Å². The average Bonchev–Trinajstić information content (AvgIpc) is 2.47. The number of hydrogen-bond acceptors (Lipinski definition) is 6. The van der Waals surface area contributed by atoms with Gasteiger partial charge in [0, 0.05) is 25.8 Å². The molecular weight excluding hydrogens is 280 g/mol. The Hall–Kier alpha value is -2.48. The van der Waals surface area contributed by atoms with Crippen LogP contribution in [0.4, 0.5) is 5.69 Å². The molecule has 0 bridgehead atoms. The molecule has 1 aromatic carbocycles. The molecule has 21 heavy (non-hydrogen) atoms. The van der Waals surface area contributed by atoms with Crippen LogP contribution in [0.3, 0.4) is 0 Å². The number of nitro groups is 1. The number of carbonyl (C=O) groups excluding carboxylic acids is 2. The minimum atomic E-state index is -0.845. The van der Waals surface area contributed by atoms with Crippen molar-refractivity contribution in [2.75, 3.05) is 20.3 Å². The molecule has 0 radical (unpaired) electrons. The topological polar surface area (TPSA) is 108 Å². The fraction of sp³-hybridized carbons (Fsp3) is 0.385. The van der Waals surface area contributed by atoms with E-state index in [9.17, 15) is 19.7 Å². The second kappa shape index (κ2) is 7.95. The summed E-state index contributed by atoms with van der Waals surface area (Å²) in [5.41, 5.74) is -0.206. The van der Waals surface area contributed by atoms with E-state index in [0.29, 0.717) is 19.4 Å². The quantitative estimate of drug-likeness (QED) is 0.331. The Morgan fingerprint density at radius 1 is 1.52 bits per heavy atom. The lowest BCUT2D eigenvalue weighted by Crippen LogP contribution is -2.38. The first-order valence-electron chi connectivity index (χ1n) is 6.16. The third kappa shape index (κ3) is 4.84. The monoisotopic (exact) mass is 296 g/mol. The van der Waals surface area contributed by atoms with Crippen molar-refractivity contribution >= 4 is 17.9 Å². The van der Waals surface area contributed by atoms with Gasteiger partial charge in [-0.15, -0.1) is 0 Å². The van der Waals surface area contributed by atoms with E-state index in [4.69, 9.17) is 9.47 Å². The highest BCUT2D eigenvalue weighted by atomic mass is 16.6. The number of rotatable bonds is 8. The normalized spacial score (nSPS) is 11.5. The molecular formula is C13H16N2O6. The lowest BCUT2D eigenvalue weighted by Gasteiger charge is -2.15. The molecule has 0 saturated carbocycles. The standard InChI is InChI=1S/C13H16N2O6/c1-9(13(17)14-5-6-20-2)21-12-4-3-11(15(18)19)7-10(12)8-16/h3-4,7-9H,5-6H2,1-2H3,(H,14,17)/t9-/m0/s1. The number of nitro benzene ring substituents is 1. The predicted octanol–water partition coefficient (Wildman–Crippen LogP) is 0.937. The molecule has 0 unspecified atom stereocenters. The van der Waals surface area contributed by atoms with Crippen LogP contribution >= 0.6 is 0 Å². The maximum atomic E-state index is 11.7. The zero-order valence-corrected chi connectivity index (χ0v) is 11.7. The van der Waals surface area contributed by atoms with E-state index in [-0.39, 0.29) is 22.9 Å². The van der Waals surface area contributed by atoms with Crippen LogP contribution in [0, 0.1) is 10.1 Å². The van der Waals surface area contributed by atoms with Gasteiger partial charge in [-0.3, -0.25) is 19.7 Å². The van der Waals surface area contributed by atoms with Crippen molar-refractivity contribution in [1.29, 1.82) is 0 Å².